The first-order chi connectivity index (χ1) is 11.1. The lowest BCUT2D eigenvalue weighted by atomic mass is 10.1. The lowest BCUT2D eigenvalue weighted by Gasteiger charge is -2.21. The van der Waals surface area contributed by atoms with Crippen molar-refractivity contribution in [2.24, 2.45) is 5.92 Å². The number of nitrogens with zero attached hydrogens (tertiary/aromatic N) is 2. The molecule has 0 aliphatic rings. The summed E-state index contributed by atoms with van der Waals surface area (Å²) in [5, 5.41) is 10.5. The molecule has 0 aliphatic heterocycles. The minimum absolute atomic E-state index is 0. The summed E-state index contributed by atoms with van der Waals surface area (Å²) in [4.78, 5) is 13.9. The van der Waals surface area contributed by atoms with Crippen LogP contribution in [0.3, 0.4) is 0 Å². The molecule has 1 aromatic heterocycles. The van der Waals surface area contributed by atoms with Crippen LogP contribution in [0.15, 0.2) is 36.4 Å². The minimum atomic E-state index is 0. The zero-order chi connectivity index (χ0) is 16.7. The molecule has 0 bridgehead atoms. The van der Waals surface area contributed by atoms with Crippen LogP contribution < -0.4 is 5.32 Å². The van der Waals surface area contributed by atoms with E-state index in [2.05, 4.69) is 33.7 Å². The number of amides is 1. The van der Waals surface area contributed by atoms with E-state index in [4.69, 9.17) is 0 Å². The number of aromatic amines is 1. The van der Waals surface area contributed by atoms with E-state index in [1.54, 1.807) is 0 Å². The highest BCUT2D eigenvalue weighted by Crippen LogP contribution is 2.17. The Morgan fingerprint density at radius 3 is 2.71 bits per heavy atom. The van der Waals surface area contributed by atoms with Crippen LogP contribution in [0.4, 0.5) is 0 Å². The van der Waals surface area contributed by atoms with Crippen molar-refractivity contribution in [2.75, 3.05) is 27.2 Å². The van der Waals surface area contributed by atoms with E-state index in [9.17, 15) is 4.79 Å². The largest absolute Gasteiger partial charge is 0.345 e. The van der Waals surface area contributed by atoms with Gasteiger partial charge >= 0.3 is 0 Å². The third-order valence-electron chi connectivity index (χ3n) is 3.95. The monoisotopic (exact) mass is 350 g/mol. The first kappa shape index (κ1) is 20.2. The molecule has 0 aliphatic carbocycles. The lowest BCUT2D eigenvalue weighted by Crippen LogP contribution is -2.36. The number of halogens is 1. The second-order valence-electron chi connectivity index (χ2n) is 5.97. The number of nitrogens with one attached hydrogen (secondary N) is 2. The fourth-order valence-corrected chi connectivity index (χ4v) is 2.63. The number of hydrogen-bond donors (Lipinski definition) is 2. The highest BCUT2D eigenvalue weighted by Gasteiger charge is 2.16. The van der Waals surface area contributed by atoms with Gasteiger partial charge in [0.15, 0.2) is 0 Å². The van der Waals surface area contributed by atoms with Crippen molar-refractivity contribution in [1.29, 1.82) is 0 Å². The van der Waals surface area contributed by atoms with Crippen molar-refractivity contribution < 1.29 is 4.79 Å². The predicted octanol–water partition coefficient (Wildman–Crippen LogP) is 2.75. The zero-order valence-corrected chi connectivity index (χ0v) is 15.4. The van der Waals surface area contributed by atoms with E-state index in [0.717, 1.165) is 36.3 Å². The van der Waals surface area contributed by atoms with Gasteiger partial charge in [-0.05, 0) is 26.0 Å². The highest BCUT2D eigenvalue weighted by atomic mass is 35.5. The van der Waals surface area contributed by atoms with Gasteiger partial charge in [0, 0.05) is 37.3 Å². The third-order valence-corrected chi connectivity index (χ3v) is 3.95. The van der Waals surface area contributed by atoms with Crippen LogP contribution in [-0.2, 0) is 11.2 Å². The molecule has 1 atom stereocenters. The van der Waals surface area contributed by atoms with Gasteiger partial charge in [0.05, 0.1) is 5.69 Å². The molecule has 6 heteroatoms. The predicted molar refractivity (Wildman–Crippen MR) is 100 cm³/mol. The van der Waals surface area contributed by atoms with Crippen LogP contribution in [0.1, 0.15) is 19.0 Å². The van der Waals surface area contributed by atoms with E-state index in [1.165, 1.54) is 0 Å². The average molecular weight is 351 g/mol. The van der Waals surface area contributed by atoms with E-state index in [1.807, 2.05) is 44.1 Å². The number of carbonyl (C=O) groups excluding carboxylic acids is 1. The molecule has 0 fully saturated rings. The zero-order valence-electron chi connectivity index (χ0n) is 14.6. The Labute approximate surface area is 150 Å². The van der Waals surface area contributed by atoms with E-state index < -0.39 is 0 Å². The molecule has 2 rings (SSSR count). The van der Waals surface area contributed by atoms with Crippen LogP contribution in [0.5, 0.6) is 0 Å². The summed E-state index contributed by atoms with van der Waals surface area (Å²) in [6.07, 6.45) is 1.81. The van der Waals surface area contributed by atoms with Gasteiger partial charge in [0.25, 0.3) is 0 Å². The van der Waals surface area contributed by atoms with Gasteiger partial charge in [-0.2, -0.15) is 5.10 Å². The molecule has 0 spiro atoms. The second kappa shape index (κ2) is 10.1. The number of rotatable bonds is 8. The molecular formula is C18H27ClN4O. The minimum Gasteiger partial charge on any atom is -0.345 e. The Morgan fingerprint density at radius 2 is 2.04 bits per heavy atom. The number of H-pyrrole nitrogens is 1. The first-order valence-electron chi connectivity index (χ1n) is 8.11. The Morgan fingerprint density at radius 1 is 1.33 bits per heavy atom. The maximum atomic E-state index is 12.1. The molecule has 1 aromatic carbocycles. The molecule has 24 heavy (non-hydrogen) atoms. The first-order valence-corrected chi connectivity index (χ1v) is 8.11. The molecule has 0 radical (unpaired) electrons. The van der Waals surface area contributed by atoms with Crippen LogP contribution in [0.2, 0.25) is 0 Å². The van der Waals surface area contributed by atoms with Gasteiger partial charge in [0.1, 0.15) is 0 Å². The second-order valence-corrected chi connectivity index (χ2v) is 5.97. The SMILES string of the molecule is CNCC(C)C(=O)N(C)CCCc1cc(-c2ccccc2)n[nH]1.Cl. The average Bonchev–Trinajstić information content (AvgIpc) is 3.04. The molecule has 132 valence electrons. The molecule has 1 unspecified atom stereocenters. The summed E-state index contributed by atoms with van der Waals surface area (Å²) in [5.74, 6) is 0.204. The summed E-state index contributed by atoms with van der Waals surface area (Å²) in [5.41, 5.74) is 3.18. The van der Waals surface area contributed by atoms with E-state index >= 15 is 0 Å². The summed E-state index contributed by atoms with van der Waals surface area (Å²) in [6, 6.07) is 12.2. The number of aryl methyl sites for hydroxylation is 1. The lowest BCUT2D eigenvalue weighted by molar-refractivity contribution is -0.133. The fraction of sp³-hybridized carbons (Fsp3) is 0.444. The van der Waals surface area contributed by atoms with Crippen LogP contribution in [0.25, 0.3) is 11.3 Å². The van der Waals surface area contributed by atoms with Gasteiger partial charge < -0.3 is 10.2 Å². The van der Waals surface area contributed by atoms with Crippen molar-refractivity contribution in [3.8, 4) is 11.3 Å². The fourth-order valence-electron chi connectivity index (χ4n) is 2.63. The van der Waals surface area contributed by atoms with Crippen molar-refractivity contribution in [3.63, 3.8) is 0 Å². The maximum Gasteiger partial charge on any atom is 0.226 e. The van der Waals surface area contributed by atoms with E-state index in [0.29, 0.717) is 6.54 Å². The Balaban J connectivity index is 0.00000288. The van der Waals surface area contributed by atoms with Gasteiger partial charge in [0.2, 0.25) is 5.91 Å². The van der Waals surface area contributed by atoms with Crippen molar-refractivity contribution in [2.45, 2.75) is 19.8 Å². The standard InChI is InChI=1S/C18H26N4O.ClH/c1-14(13-19-2)18(23)22(3)11-7-10-16-12-17(21-20-16)15-8-5-4-6-9-15;/h4-6,8-9,12,14,19H,7,10-11,13H2,1-3H3,(H,20,21);1H. The Bertz CT molecular complexity index is 614. The van der Waals surface area contributed by atoms with Gasteiger partial charge in [-0.25, -0.2) is 0 Å². The molecule has 2 N–H and O–H groups in total. The third kappa shape index (κ3) is 5.65. The topological polar surface area (TPSA) is 61.0 Å². The van der Waals surface area contributed by atoms with Gasteiger partial charge in [-0.1, -0.05) is 37.3 Å². The molecular weight excluding hydrogens is 324 g/mol. The number of carbonyl (C=O) groups is 1. The summed E-state index contributed by atoms with van der Waals surface area (Å²) >= 11 is 0. The van der Waals surface area contributed by atoms with Crippen LogP contribution in [0, 0.1) is 5.92 Å². The maximum absolute atomic E-state index is 12.1. The summed E-state index contributed by atoms with van der Waals surface area (Å²) in [6.45, 7) is 3.42. The van der Waals surface area contributed by atoms with Crippen molar-refractivity contribution >= 4 is 18.3 Å². The number of benzene rings is 1. The molecule has 1 heterocycles. The number of hydrogen-bond acceptors (Lipinski definition) is 3. The summed E-state index contributed by atoms with van der Waals surface area (Å²) < 4.78 is 0. The smallest absolute Gasteiger partial charge is 0.226 e. The normalized spacial score (nSPS) is 11.6. The van der Waals surface area contributed by atoms with Crippen molar-refractivity contribution in [1.82, 2.24) is 20.4 Å². The quantitative estimate of drug-likeness (QED) is 0.769. The molecule has 1 amide bonds. The van der Waals surface area contributed by atoms with Crippen molar-refractivity contribution in [3.05, 3.63) is 42.1 Å². The molecule has 0 saturated carbocycles. The highest BCUT2D eigenvalue weighted by molar-refractivity contribution is 5.85. The van der Waals surface area contributed by atoms with Gasteiger partial charge in [-0.3, -0.25) is 9.89 Å². The van der Waals surface area contributed by atoms with E-state index in [-0.39, 0.29) is 24.2 Å². The molecule has 0 saturated heterocycles. The molecule has 5 nitrogen and oxygen atoms in total. The van der Waals surface area contributed by atoms with Crippen LogP contribution >= 0.6 is 12.4 Å². The number of aromatic nitrogens is 2. The molecule has 2 aromatic rings. The van der Waals surface area contributed by atoms with Crippen LogP contribution in [-0.4, -0.2) is 48.2 Å². The Kier molecular flexibility index (Phi) is 8.50. The van der Waals surface area contributed by atoms with Gasteiger partial charge in [-0.15, -0.1) is 12.4 Å². The Hall–Kier alpha value is -1.85. The summed E-state index contributed by atoms with van der Waals surface area (Å²) in [7, 11) is 3.74.